The number of rotatable bonds is 4. The van der Waals surface area contributed by atoms with E-state index in [-0.39, 0.29) is 5.70 Å². The van der Waals surface area contributed by atoms with Crippen LogP contribution >= 0.6 is 0 Å². The fourth-order valence-electron chi connectivity index (χ4n) is 2.17. The molecule has 2 rings (SSSR count). The number of carbonyl (C=O) groups is 1. The lowest BCUT2D eigenvalue weighted by Crippen LogP contribution is -2.03. The lowest BCUT2D eigenvalue weighted by Gasteiger charge is -2.04. The standard InChI is InChI=1S/C19H19NO2/c1-13-6-4-8-16(10-13)12-18(19(21)22)20-15(3)17-9-5-7-14(2)11-17/h4-12H,1-3H3,(H,21,22)/b18-12-,20-15+. The molecule has 0 aliphatic rings. The van der Waals surface area contributed by atoms with Gasteiger partial charge in [0, 0.05) is 5.71 Å². The summed E-state index contributed by atoms with van der Waals surface area (Å²) in [4.78, 5) is 15.7. The van der Waals surface area contributed by atoms with Crippen molar-refractivity contribution in [3.8, 4) is 0 Å². The molecule has 1 N–H and O–H groups in total. The van der Waals surface area contributed by atoms with Crippen LogP contribution < -0.4 is 0 Å². The molecule has 3 nitrogen and oxygen atoms in total. The molecule has 0 bridgehead atoms. The number of hydrogen-bond donors (Lipinski definition) is 1. The highest BCUT2D eigenvalue weighted by molar-refractivity contribution is 6.03. The second-order valence-electron chi connectivity index (χ2n) is 5.32. The van der Waals surface area contributed by atoms with E-state index in [1.54, 1.807) is 6.08 Å². The second kappa shape index (κ2) is 6.85. The maximum atomic E-state index is 11.4. The molecular weight excluding hydrogens is 274 g/mol. The van der Waals surface area contributed by atoms with Crippen LogP contribution in [0.4, 0.5) is 0 Å². The average Bonchev–Trinajstić information content (AvgIpc) is 2.46. The van der Waals surface area contributed by atoms with Crippen molar-refractivity contribution in [1.29, 1.82) is 0 Å². The topological polar surface area (TPSA) is 49.7 Å². The highest BCUT2D eigenvalue weighted by Gasteiger charge is 2.08. The summed E-state index contributed by atoms with van der Waals surface area (Å²) in [7, 11) is 0. The number of carboxylic acids is 1. The number of benzene rings is 2. The summed E-state index contributed by atoms with van der Waals surface area (Å²) in [6.45, 7) is 5.79. The maximum absolute atomic E-state index is 11.4. The normalized spacial score (nSPS) is 12.3. The minimum absolute atomic E-state index is 0.0320. The Morgan fingerprint density at radius 3 is 2.27 bits per heavy atom. The Hall–Kier alpha value is -2.68. The lowest BCUT2D eigenvalue weighted by molar-refractivity contribution is -0.132. The molecule has 0 fully saturated rings. The van der Waals surface area contributed by atoms with Crippen LogP contribution in [-0.2, 0) is 4.79 Å². The van der Waals surface area contributed by atoms with Crippen molar-refractivity contribution < 1.29 is 9.90 Å². The molecule has 112 valence electrons. The van der Waals surface area contributed by atoms with Crippen LogP contribution in [0.1, 0.15) is 29.2 Å². The van der Waals surface area contributed by atoms with Crippen LogP contribution in [0.15, 0.2) is 59.2 Å². The monoisotopic (exact) mass is 293 g/mol. The highest BCUT2D eigenvalue weighted by atomic mass is 16.4. The summed E-state index contributed by atoms with van der Waals surface area (Å²) in [6.07, 6.45) is 1.59. The zero-order chi connectivity index (χ0) is 16.1. The first-order chi connectivity index (χ1) is 10.5. The largest absolute Gasteiger partial charge is 0.477 e. The molecule has 22 heavy (non-hydrogen) atoms. The fraction of sp³-hybridized carbons (Fsp3) is 0.158. The Labute approximate surface area is 130 Å². The van der Waals surface area contributed by atoms with Crippen molar-refractivity contribution in [2.45, 2.75) is 20.8 Å². The molecular formula is C19H19NO2. The zero-order valence-corrected chi connectivity index (χ0v) is 13.0. The molecule has 0 saturated heterocycles. The first kappa shape index (κ1) is 15.7. The molecule has 0 unspecified atom stereocenters. The molecule has 0 spiro atoms. The van der Waals surface area contributed by atoms with Crippen LogP contribution in [0, 0.1) is 13.8 Å². The summed E-state index contributed by atoms with van der Waals surface area (Å²) < 4.78 is 0. The van der Waals surface area contributed by atoms with E-state index in [1.165, 1.54) is 0 Å². The number of aliphatic imine (C=N–C) groups is 1. The molecule has 0 amide bonds. The average molecular weight is 293 g/mol. The zero-order valence-electron chi connectivity index (χ0n) is 13.0. The summed E-state index contributed by atoms with van der Waals surface area (Å²) in [5.41, 5.74) is 4.67. The SMILES string of the molecule is C/C(=N\C(=C/c1cccc(C)c1)C(=O)O)c1cccc(C)c1. The molecule has 0 aliphatic heterocycles. The van der Waals surface area contributed by atoms with E-state index < -0.39 is 5.97 Å². The number of carboxylic acid groups (broad SMARTS) is 1. The van der Waals surface area contributed by atoms with E-state index in [2.05, 4.69) is 4.99 Å². The Bertz CT molecular complexity index is 758. The van der Waals surface area contributed by atoms with Gasteiger partial charge < -0.3 is 5.11 Å². The van der Waals surface area contributed by atoms with Crippen molar-refractivity contribution in [3.63, 3.8) is 0 Å². The Balaban J connectivity index is 2.40. The number of hydrogen-bond acceptors (Lipinski definition) is 2. The van der Waals surface area contributed by atoms with Gasteiger partial charge in [-0.1, -0.05) is 59.7 Å². The minimum Gasteiger partial charge on any atom is -0.477 e. The van der Waals surface area contributed by atoms with E-state index in [9.17, 15) is 9.90 Å². The molecule has 3 heteroatoms. The molecule has 0 aliphatic carbocycles. The van der Waals surface area contributed by atoms with Gasteiger partial charge in [0.15, 0.2) is 0 Å². The smallest absolute Gasteiger partial charge is 0.354 e. The van der Waals surface area contributed by atoms with Gasteiger partial charge in [0.1, 0.15) is 5.70 Å². The third-order valence-corrected chi connectivity index (χ3v) is 3.29. The fourth-order valence-corrected chi connectivity index (χ4v) is 2.17. The van der Waals surface area contributed by atoms with Crippen LogP contribution in [-0.4, -0.2) is 16.8 Å². The van der Waals surface area contributed by atoms with Crippen molar-refractivity contribution in [1.82, 2.24) is 0 Å². The third-order valence-electron chi connectivity index (χ3n) is 3.29. The Morgan fingerprint density at radius 2 is 1.68 bits per heavy atom. The summed E-state index contributed by atoms with van der Waals surface area (Å²) in [6, 6.07) is 15.5. The molecule has 0 radical (unpaired) electrons. The lowest BCUT2D eigenvalue weighted by atomic mass is 10.1. The van der Waals surface area contributed by atoms with Crippen molar-refractivity contribution in [2.24, 2.45) is 4.99 Å². The van der Waals surface area contributed by atoms with E-state index in [4.69, 9.17) is 0 Å². The van der Waals surface area contributed by atoms with Crippen LogP contribution in [0.25, 0.3) is 6.08 Å². The van der Waals surface area contributed by atoms with Crippen molar-refractivity contribution in [2.75, 3.05) is 0 Å². The summed E-state index contributed by atoms with van der Waals surface area (Å²) >= 11 is 0. The van der Waals surface area contributed by atoms with Crippen molar-refractivity contribution in [3.05, 3.63) is 76.5 Å². The van der Waals surface area contributed by atoms with Gasteiger partial charge in [0.05, 0.1) is 0 Å². The first-order valence-corrected chi connectivity index (χ1v) is 7.10. The van der Waals surface area contributed by atoms with Gasteiger partial charge >= 0.3 is 5.97 Å². The number of aliphatic carboxylic acids is 1. The second-order valence-corrected chi connectivity index (χ2v) is 5.32. The van der Waals surface area contributed by atoms with Crippen LogP contribution in [0.3, 0.4) is 0 Å². The quantitative estimate of drug-likeness (QED) is 0.677. The van der Waals surface area contributed by atoms with Gasteiger partial charge in [-0.25, -0.2) is 9.79 Å². The molecule has 0 aromatic heterocycles. The maximum Gasteiger partial charge on any atom is 0.354 e. The van der Waals surface area contributed by atoms with Gasteiger partial charge in [-0.3, -0.25) is 0 Å². The van der Waals surface area contributed by atoms with E-state index >= 15 is 0 Å². The highest BCUT2D eigenvalue weighted by Crippen LogP contribution is 2.13. The number of nitrogens with zero attached hydrogens (tertiary/aromatic N) is 1. The van der Waals surface area contributed by atoms with Crippen molar-refractivity contribution >= 4 is 17.8 Å². The van der Waals surface area contributed by atoms with E-state index in [0.717, 1.165) is 22.3 Å². The van der Waals surface area contributed by atoms with Gasteiger partial charge in [0.25, 0.3) is 0 Å². The third kappa shape index (κ3) is 4.16. The van der Waals surface area contributed by atoms with E-state index in [1.807, 2.05) is 69.3 Å². The summed E-state index contributed by atoms with van der Waals surface area (Å²) in [5, 5.41) is 9.38. The minimum atomic E-state index is -1.03. The van der Waals surface area contributed by atoms with Crippen LogP contribution in [0.2, 0.25) is 0 Å². The van der Waals surface area contributed by atoms with Gasteiger partial charge in [-0.15, -0.1) is 0 Å². The van der Waals surface area contributed by atoms with Gasteiger partial charge in [-0.05, 0) is 38.0 Å². The van der Waals surface area contributed by atoms with E-state index in [0.29, 0.717) is 5.71 Å². The molecule has 2 aromatic carbocycles. The van der Waals surface area contributed by atoms with Gasteiger partial charge in [-0.2, -0.15) is 0 Å². The first-order valence-electron chi connectivity index (χ1n) is 7.10. The molecule has 0 heterocycles. The Morgan fingerprint density at radius 1 is 1.05 bits per heavy atom. The molecule has 0 saturated carbocycles. The molecule has 0 atom stereocenters. The van der Waals surface area contributed by atoms with Crippen LogP contribution in [0.5, 0.6) is 0 Å². The van der Waals surface area contributed by atoms with Gasteiger partial charge in [0.2, 0.25) is 0 Å². The summed E-state index contributed by atoms with van der Waals surface area (Å²) in [5.74, 6) is -1.03. The predicted octanol–water partition coefficient (Wildman–Crippen LogP) is 4.24. The molecule has 2 aromatic rings. The Kier molecular flexibility index (Phi) is 4.89. The predicted molar refractivity (Wildman–Crippen MR) is 90.2 cm³/mol. The number of aryl methyl sites for hydroxylation is 2.